The Labute approximate surface area is 128 Å². The van der Waals surface area contributed by atoms with Crippen molar-refractivity contribution in [3.05, 3.63) is 53.3 Å². The molecule has 0 fully saturated rings. The Hall–Kier alpha value is -1.94. The maximum atomic E-state index is 13.0. The molecule has 0 saturated heterocycles. The van der Waals surface area contributed by atoms with Crippen molar-refractivity contribution in [3.63, 3.8) is 0 Å². The molecule has 1 atom stereocenters. The Morgan fingerprint density at radius 2 is 1.43 bits per heavy atom. The second-order valence-electron chi connectivity index (χ2n) is 4.36. The van der Waals surface area contributed by atoms with Gasteiger partial charge in [0.15, 0.2) is 0 Å². The van der Waals surface area contributed by atoms with Crippen molar-refractivity contribution < 1.29 is 18.6 Å². The number of hydrogen-bond donors (Lipinski definition) is 0. The van der Waals surface area contributed by atoms with Gasteiger partial charge in [0.2, 0.25) is 0 Å². The van der Waals surface area contributed by atoms with Gasteiger partial charge < -0.3 is 14.2 Å². The maximum Gasteiger partial charge on any atom is 0.131 e. The molecular formula is C16H16ClFO3. The first-order chi connectivity index (χ1) is 10.1. The minimum atomic E-state index is -0.526. The third-order valence-electron chi connectivity index (χ3n) is 3.17. The van der Waals surface area contributed by atoms with Crippen molar-refractivity contribution in [2.45, 2.75) is 5.38 Å². The van der Waals surface area contributed by atoms with Crippen LogP contribution in [0.2, 0.25) is 0 Å². The van der Waals surface area contributed by atoms with E-state index in [9.17, 15) is 4.39 Å². The molecule has 0 aliphatic carbocycles. The summed E-state index contributed by atoms with van der Waals surface area (Å²) in [5.41, 5.74) is 1.42. The maximum absolute atomic E-state index is 13.0. The van der Waals surface area contributed by atoms with E-state index < -0.39 is 5.38 Å². The van der Waals surface area contributed by atoms with Gasteiger partial charge in [-0.2, -0.15) is 0 Å². The minimum Gasteiger partial charge on any atom is -0.496 e. The topological polar surface area (TPSA) is 27.7 Å². The summed E-state index contributed by atoms with van der Waals surface area (Å²) < 4.78 is 29.0. The van der Waals surface area contributed by atoms with Crippen LogP contribution in [0.25, 0.3) is 0 Å². The van der Waals surface area contributed by atoms with Gasteiger partial charge in [0.25, 0.3) is 0 Å². The van der Waals surface area contributed by atoms with Crippen LogP contribution >= 0.6 is 11.6 Å². The Morgan fingerprint density at radius 3 is 1.86 bits per heavy atom. The van der Waals surface area contributed by atoms with E-state index in [1.807, 2.05) is 0 Å². The van der Waals surface area contributed by atoms with Crippen LogP contribution in [0.4, 0.5) is 4.39 Å². The number of alkyl halides is 1. The van der Waals surface area contributed by atoms with Crippen molar-refractivity contribution in [1.29, 1.82) is 0 Å². The first kappa shape index (κ1) is 15.4. The molecule has 21 heavy (non-hydrogen) atoms. The Morgan fingerprint density at radius 1 is 0.905 bits per heavy atom. The number of methoxy groups -OCH3 is 3. The lowest BCUT2D eigenvalue weighted by molar-refractivity contribution is 0.369. The van der Waals surface area contributed by atoms with Crippen molar-refractivity contribution in [3.8, 4) is 17.2 Å². The van der Waals surface area contributed by atoms with Crippen molar-refractivity contribution >= 4 is 11.6 Å². The Balaban J connectivity index is 2.52. The molecule has 3 nitrogen and oxygen atoms in total. The molecule has 0 aromatic heterocycles. The minimum absolute atomic E-state index is 0.309. The van der Waals surface area contributed by atoms with Crippen LogP contribution in [0.1, 0.15) is 16.5 Å². The van der Waals surface area contributed by atoms with Crippen LogP contribution in [0.5, 0.6) is 17.2 Å². The average Bonchev–Trinajstić information content (AvgIpc) is 2.53. The van der Waals surface area contributed by atoms with Crippen LogP contribution < -0.4 is 14.2 Å². The van der Waals surface area contributed by atoms with E-state index in [4.69, 9.17) is 25.8 Å². The zero-order chi connectivity index (χ0) is 15.4. The van der Waals surface area contributed by atoms with E-state index in [-0.39, 0.29) is 5.82 Å². The molecular weight excluding hydrogens is 295 g/mol. The molecule has 0 spiro atoms. The van der Waals surface area contributed by atoms with Gasteiger partial charge in [-0.1, -0.05) is 12.1 Å². The summed E-state index contributed by atoms with van der Waals surface area (Å²) in [6, 6.07) is 9.47. The van der Waals surface area contributed by atoms with Crippen LogP contribution in [0.3, 0.4) is 0 Å². The summed E-state index contributed by atoms with van der Waals surface area (Å²) in [6.45, 7) is 0. The lowest BCUT2D eigenvalue weighted by atomic mass is 10.0. The van der Waals surface area contributed by atoms with Crippen molar-refractivity contribution in [1.82, 2.24) is 0 Å². The fourth-order valence-corrected chi connectivity index (χ4v) is 2.44. The molecule has 1 unspecified atom stereocenters. The zero-order valence-corrected chi connectivity index (χ0v) is 12.8. The summed E-state index contributed by atoms with van der Waals surface area (Å²) in [6.07, 6.45) is 0. The smallest absolute Gasteiger partial charge is 0.131 e. The van der Waals surface area contributed by atoms with Crippen LogP contribution in [0, 0.1) is 5.82 Å². The molecule has 0 bridgehead atoms. The third kappa shape index (κ3) is 3.22. The SMILES string of the molecule is COc1cc(OC)c(C(Cl)c2ccc(F)cc2)c(OC)c1. The molecule has 0 heterocycles. The van der Waals surface area contributed by atoms with Gasteiger partial charge in [0, 0.05) is 12.1 Å². The molecule has 0 amide bonds. The van der Waals surface area contributed by atoms with E-state index in [2.05, 4.69) is 0 Å². The Kier molecular flexibility index (Phi) is 4.91. The molecule has 0 aliphatic heterocycles. The molecule has 2 rings (SSSR count). The van der Waals surface area contributed by atoms with Crippen molar-refractivity contribution in [2.24, 2.45) is 0 Å². The summed E-state index contributed by atoms with van der Waals surface area (Å²) >= 11 is 6.52. The first-order valence-electron chi connectivity index (χ1n) is 6.30. The number of ether oxygens (including phenoxy) is 3. The second-order valence-corrected chi connectivity index (χ2v) is 4.80. The van der Waals surface area contributed by atoms with Crippen LogP contribution in [-0.2, 0) is 0 Å². The third-order valence-corrected chi connectivity index (χ3v) is 3.64. The normalized spacial score (nSPS) is 11.9. The number of benzene rings is 2. The van der Waals surface area contributed by atoms with E-state index >= 15 is 0 Å². The number of halogens is 2. The summed E-state index contributed by atoms with van der Waals surface area (Å²) in [7, 11) is 4.66. The lowest BCUT2D eigenvalue weighted by Crippen LogP contribution is -2.02. The van der Waals surface area contributed by atoms with Gasteiger partial charge in [-0.05, 0) is 17.7 Å². The average molecular weight is 311 g/mol. The molecule has 0 saturated carbocycles. The van der Waals surface area contributed by atoms with Gasteiger partial charge >= 0.3 is 0 Å². The van der Waals surface area contributed by atoms with E-state index in [1.54, 1.807) is 45.6 Å². The standard InChI is InChI=1S/C16H16ClFO3/c1-19-12-8-13(20-2)15(14(9-12)21-3)16(17)10-4-6-11(18)7-5-10/h4-9,16H,1-3H3. The second kappa shape index (κ2) is 6.68. The molecule has 0 aliphatic rings. The number of hydrogen-bond acceptors (Lipinski definition) is 3. The predicted octanol–water partition coefficient (Wildman–Crippen LogP) is 4.18. The van der Waals surface area contributed by atoms with Gasteiger partial charge in [0.1, 0.15) is 23.1 Å². The molecule has 5 heteroatoms. The first-order valence-corrected chi connectivity index (χ1v) is 6.73. The lowest BCUT2D eigenvalue weighted by Gasteiger charge is -2.19. The fourth-order valence-electron chi connectivity index (χ4n) is 2.08. The zero-order valence-electron chi connectivity index (χ0n) is 12.0. The highest BCUT2D eigenvalue weighted by molar-refractivity contribution is 6.23. The summed E-state index contributed by atoms with van der Waals surface area (Å²) in [4.78, 5) is 0. The van der Waals surface area contributed by atoms with Crippen LogP contribution in [0.15, 0.2) is 36.4 Å². The van der Waals surface area contributed by atoms with E-state index in [1.165, 1.54) is 12.1 Å². The van der Waals surface area contributed by atoms with Crippen LogP contribution in [-0.4, -0.2) is 21.3 Å². The molecule has 2 aromatic rings. The van der Waals surface area contributed by atoms with E-state index in [0.29, 0.717) is 22.8 Å². The Bertz CT molecular complexity index is 588. The molecule has 112 valence electrons. The molecule has 0 N–H and O–H groups in total. The molecule has 2 aromatic carbocycles. The highest BCUT2D eigenvalue weighted by atomic mass is 35.5. The highest BCUT2D eigenvalue weighted by Gasteiger charge is 2.22. The largest absolute Gasteiger partial charge is 0.496 e. The number of rotatable bonds is 5. The monoisotopic (exact) mass is 310 g/mol. The van der Waals surface area contributed by atoms with Gasteiger partial charge in [-0.25, -0.2) is 4.39 Å². The highest BCUT2D eigenvalue weighted by Crippen LogP contribution is 2.43. The van der Waals surface area contributed by atoms with Crippen molar-refractivity contribution in [2.75, 3.05) is 21.3 Å². The van der Waals surface area contributed by atoms with Gasteiger partial charge in [-0.15, -0.1) is 11.6 Å². The fraction of sp³-hybridized carbons (Fsp3) is 0.250. The van der Waals surface area contributed by atoms with E-state index in [0.717, 1.165) is 5.56 Å². The predicted molar refractivity (Wildman–Crippen MR) is 80.2 cm³/mol. The molecule has 0 radical (unpaired) electrons. The summed E-state index contributed by atoms with van der Waals surface area (Å²) in [5, 5.41) is -0.526. The summed E-state index contributed by atoms with van der Waals surface area (Å²) in [5.74, 6) is 1.40. The van der Waals surface area contributed by atoms with Gasteiger partial charge in [-0.3, -0.25) is 0 Å². The quantitative estimate of drug-likeness (QED) is 0.775. The van der Waals surface area contributed by atoms with Gasteiger partial charge in [0.05, 0.1) is 32.3 Å².